The molecule has 0 aromatic carbocycles. The van der Waals surface area contributed by atoms with Crippen LogP contribution in [0.1, 0.15) is 73.1 Å². The third-order valence-electron chi connectivity index (χ3n) is 9.55. The molecule has 4 aliphatic carbocycles. The Bertz CT molecular complexity index is 977. The Kier molecular flexibility index (Phi) is 5.71. The van der Waals surface area contributed by atoms with Gasteiger partial charge in [0.25, 0.3) is 0 Å². The molecule has 0 amide bonds. The molecule has 0 radical (unpaired) electrons. The smallest absolute Gasteiger partial charge is 0.355 e. The van der Waals surface area contributed by atoms with E-state index in [2.05, 4.69) is 29.7 Å². The Morgan fingerprint density at radius 1 is 1.09 bits per heavy atom. The predicted octanol–water partition coefficient (Wildman–Crippen LogP) is 3.64. The van der Waals surface area contributed by atoms with Crippen LogP contribution in [0.5, 0.6) is 0 Å². The maximum absolute atomic E-state index is 12.6. The molecule has 0 bridgehead atoms. The lowest BCUT2D eigenvalue weighted by molar-refractivity contribution is -0.258. The average Bonchev–Trinajstić information content (AvgIpc) is 3.01. The first-order valence-corrected chi connectivity index (χ1v) is 11.9. The van der Waals surface area contributed by atoms with E-state index < -0.39 is 28.4 Å². The van der Waals surface area contributed by atoms with Crippen LogP contribution in [0.25, 0.3) is 0 Å². The molecule has 33 heavy (non-hydrogen) atoms. The second kappa shape index (κ2) is 7.90. The van der Waals surface area contributed by atoms with Crippen LogP contribution in [0.3, 0.4) is 0 Å². The Hall–Kier alpha value is -2.28. The molecule has 1 unspecified atom stereocenters. The van der Waals surface area contributed by atoms with Crippen molar-refractivity contribution in [3.05, 3.63) is 23.3 Å². The molecule has 180 valence electrons. The van der Waals surface area contributed by atoms with Crippen molar-refractivity contribution in [3.63, 3.8) is 0 Å². The lowest BCUT2D eigenvalue weighted by atomic mass is 9.44. The van der Waals surface area contributed by atoms with Gasteiger partial charge in [0.2, 0.25) is 0 Å². The molecule has 4 aliphatic rings. The number of ketones is 2. The van der Waals surface area contributed by atoms with Crippen LogP contribution in [-0.4, -0.2) is 34.2 Å². The van der Waals surface area contributed by atoms with E-state index in [0.717, 1.165) is 30.9 Å². The second-order valence-electron chi connectivity index (χ2n) is 11.0. The Morgan fingerprint density at radius 2 is 1.76 bits per heavy atom. The van der Waals surface area contributed by atoms with E-state index in [-0.39, 0.29) is 48.1 Å². The van der Waals surface area contributed by atoms with E-state index in [1.807, 2.05) is 6.92 Å². The third kappa shape index (κ3) is 3.42. The molecule has 7 atom stereocenters. The van der Waals surface area contributed by atoms with Gasteiger partial charge in [0, 0.05) is 24.2 Å². The average molecular weight is 459 g/mol. The summed E-state index contributed by atoms with van der Waals surface area (Å²) >= 11 is 0. The highest BCUT2D eigenvalue weighted by Crippen LogP contribution is 2.68. The van der Waals surface area contributed by atoms with Gasteiger partial charge >= 0.3 is 11.9 Å². The number of hydrogen-bond donors (Lipinski definition) is 1. The molecule has 0 aromatic heterocycles. The molecule has 0 aliphatic heterocycles. The van der Waals surface area contributed by atoms with Crippen molar-refractivity contribution in [1.29, 1.82) is 0 Å². The lowest BCUT2D eigenvalue weighted by Crippen LogP contribution is -2.57. The number of rotatable bonds is 3. The van der Waals surface area contributed by atoms with Crippen LogP contribution < -0.4 is 0 Å². The van der Waals surface area contributed by atoms with Crippen LogP contribution in [0, 0.1) is 34.5 Å². The Morgan fingerprint density at radius 3 is 2.39 bits per heavy atom. The summed E-state index contributed by atoms with van der Waals surface area (Å²) in [4.78, 5) is 57.7. The first-order chi connectivity index (χ1) is 15.3. The van der Waals surface area contributed by atoms with Gasteiger partial charge in [0.05, 0.1) is 6.42 Å². The molecule has 0 spiro atoms. The summed E-state index contributed by atoms with van der Waals surface area (Å²) in [5.41, 5.74) is -0.258. The van der Waals surface area contributed by atoms with E-state index in [0.29, 0.717) is 12.8 Å². The van der Waals surface area contributed by atoms with Crippen molar-refractivity contribution in [2.45, 2.75) is 78.7 Å². The van der Waals surface area contributed by atoms with Crippen molar-refractivity contribution in [2.24, 2.45) is 34.5 Å². The van der Waals surface area contributed by atoms with Crippen molar-refractivity contribution >= 4 is 23.5 Å². The first kappa shape index (κ1) is 23.9. The highest BCUT2D eigenvalue weighted by molar-refractivity contribution is 5.93. The molecule has 1 N–H and O–H groups in total. The van der Waals surface area contributed by atoms with Crippen LogP contribution >= 0.6 is 0 Å². The fourth-order valence-corrected chi connectivity index (χ4v) is 7.82. The zero-order valence-corrected chi connectivity index (χ0v) is 20.1. The van der Waals surface area contributed by atoms with Gasteiger partial charge in [-0.25, -0.2) is 19.4 Å². The first-order valence-electron chi connectivity index (χ1n) is 11.9. The lowest BCUT2D eigenvalue weighted by Gasteiger charge is -2.59. The highest BCUT2D eigenvalue weighted by Gasteiger charge is 2.66. The van der Waals surface area contributed by atoms with Gasteiger partial charge in [-0.1, -0.05) is 25.5 Å². The summed E-state index contributed by atoms with van der Waals surface area (Å²) in [6.45, 7) is 8.84. The summed E-state index contributed by atoms with van der Waals surface area (Å²) in [7, 11) is 0. The predicted molar refractivity (Wildman–Crippen MR) is 118 cm³/mol. The van der Waals surface area contributed by atoms with Crippen LogP contribution in [0.4, 0.5) is 0 Å². The van der Waals surface area contributed by atoms with Crippen molar-refractivity contribution < 1.29 is 34.1 Å². The molecular weight excluding hydrogens is 424 g/mol. The number of Topliss-reactive ketones (excluding diaryl/α,β-unsaturated/α-hetero) is 1. The Labute approximate surface area is 194 Å². The molecule has 4 rings (SSSR count). The second-order valence-corrected chi connectivity index (χ2v) is 11.0. The largest absolute Gasteiger partial charge is 0.382 e. The fraction of sp³-hybridized carbons (Fsp3) is 0.692. The van der Waals surface area contributed by atoms with E-state index in [1.165, 1.54) is 6.92 Å². The monoisotopic (exact) mass is 458 g/mol. The van der Waals surface area contributed by atoms with Crippen LogP contribution in [0.2, 0.25) is 0 Å². The van der Waals surface area contributed by atoms with Gasteiger partial charge in [-0.05, 0) is 74.9 Å². The van der Waals surface area contributed by atoms with Crippen molar-refractivity contribution in [3.8, 4) is 0 Å². The molecule has 2 fully saturated rings. The minimum atomic E-state index is -1.31. The molecule has 7 heteroatoms. The van der Waals surface area contributed by atoms with Crippen molar-refractivity contribution in [2.75, 3.05) is 0 Å². The third-order valence-corrected chi connectivity index (χ3v) is 9.55. The van der Waals surface area contributed by atoms with Gasteiger partial charge in [-0.3, -0.25) is 9.59 Å². The SMILES string of the molecule is CC(=O)OOC(=O)CC1CC(=O)C=C2C(C)=C[C@H]3[C@@H]4CC[C@](O)(C(C)=O)[C@@]4(C)CC[C@@H]3[C@]21C. The number of aliphatic hydroxyl groups is 1. The molecule has 0 aromatic rings. The van der Waals surface area contributed by atoms with Gasteiger partial charge < -0.3 is 5.11 Å². The minimum Gasteiger partial charge on any atom is -0.382 e. The van der Waals surface area contributed by atoms with E-state index >= 15 is 0 Å². The van der Waals surface area contributed by atoms with Gasteiger partial charge in [-0.2, -0.15) is 0 Å². The quantitative estimate of drug-likeness (QED) is 0.508. The molecule has 2 saturated carbocycles. The van der Waals surface area contributed by atoms with Crippen LogP contribution in [0.15, 0.2) is 23.3 Å². The zero-order valence-electron chi connectivity index (χ0n) is 20.1. The van der Waals surface area contributed by atoms with Gasteiger partial charge in [0.15, 0.2) is 11.6 Å². The summed E-state index contributed by atoms with van der Waals surface area (Å²) < 4.78 is 0. The summed E-state index contributed by atoms with van der Waals surface area (Å²) in [5, 5.41) is 11.4. The number of fused-ring (bicyclic) bond motifs is 5. The van der Waals surface area contributed by atoms with E-state index in [1.54, 1.807) is 6.08 Å². The summed E-state index contributed by atoms with van der Waals surface area (Å²) in [5.74, 6) is -1.40. The van der Waals surface area contributed by atoms with Gasteiger partial charge in [0.1, 0.15) is 5.60 Å². The number of hydrogen-bond acceptors (Lipinski definition) is 7. The summed E-state index contributed by atoms with van der Waals surface area (Å²) in [6.07, 6.45) is 6.90. The van der Waals surface area contributed by atoms with E-state index in [4.69, 9.17) is 0 Å². The fourth-order valence-electron chi connectivity index (χ4n) is 7.82. The number of allylic oxidation sites excluding steroid dienone is 4. The minimum absolute atomic E-state index is 0.0218. The number of carbonyl (C=O) groups excluding carboxylic acids is 4. The topological polar surface area (TPSA) is 107 Å². The number of carbonyl (C=O) groups is 4. The highest BCUT2D eigenvalue weighted by atomic mass is 17.2. The standard InChI is InChI=1S/C26H34O7/c1-14-10-19-20-7-9-26(31,15(2)27)24(20,4)8-6-21(19)25(5)17(11-18(29)13-22(14)25)12-23(30)33-32-16(3)28/h10,13,17,19-21,31H,6-9,11-12H2,1-5H3/t17?,19-,20-,21-,24-,25+,26-/m0/s1. The van der Waals surface area contributed by atoms with Crippen molar-refractivity contribution in [1.82, 2.24) is 0 Å². The van der Waals surface area contributed by atoms with Gasteiger partial charge in [-0.15, -0.1) is 0 Å². The zero-order chi connectivity index (χ0) is 24.3. The van der Waals surface area contributed by atoms with Crippen LogP contribution in [-0.2, 0) is 29.0 Å². The summed E-state index contributed by atoms with van der Waals surface area (Å²) in [6, 6.07) is 0. The maximum atomic E-state index is 12.6. The molecular formula is C26H34O7. The molecule has 0 heterocycles. The van der Waals surface area contributed by atoms with E-state index in [9.17, 15) is 24.3 Å². The molecule has 0 saturated heterocycles. The maximum Gasteiger partial charge on any atom is 0.355 e. The Balaban J connectivity index is 1.71. The molecule has 7 nitrogen and oxygen atoms in total. The normalized spacial score (nSPS) is 41.7.